The number of halogens is 2. The molecule has 1 aromatic carbocycles. The molecule has 51 heavy (non-hydrogen) atoms. The number of anilines is 1. The lowest BCUT2D eigenvalue weighted by Crippen LogP contribution is -2.50. The number of nitrogens with zero attached hydrogens (tertiary/aromatic N) is 5. The number of fused-ring (bicyclic) bond motifs is 2. The Morgan fingerprint density at radius 1 is 1.22 bits per heavy atom. The summed E-state index contributed by atoms with van der Waals surface area (Å²) in [5.74, 6) is 0.145. The van der Waals surface area contributed by atoms with E-state index in [1.165, 1.54) is 26.4 Å². The van der Waals surface area contributed by atoms with Gasteiger partial charge in [0.05, 0.1) is 29.7 Å². The van der Waals surface area contributed by atoms with Crippen molar-refractivity contribution in [2.75, 3.05) is 65.7 Å². The quantitative estimate of drug-likeness (QED) is 0.172. The summed E-state index contributed by atoms with van der Waals surface area (Å²) in [6, 6.07) is 2.25. The number of nitrogens with one attached hydrogen (secondary N) is 2. The predicted octanol–water partition coefficient (Wildman–Crippen LogP) is 6.31. The Morgan fingerprint density at radius 2 is 1.98 bits per heavy atom. The number of aliphatic imine (C=N–C) groups is 1. The highest BCUT2D eigenvalue weighted by atomic mass is 35.5. The molecule has 1 aliphatic carbocycles. The van der Waals surface area contributed by atoms with E-state index in [9.17, 15) is 0 Å². The van der Waals surface area contributed by atoms with Crippen molar-refractivity contribution in [3.05, 3.63) is 43.5 Å². The third-order valence-electron chi connectivity index (χ3n) is 10.1. The van der Waals surface area contributed by atoms with Crippen molar-refractivity contribution >= 4 is 41.7 Å². The molecule has 0 amide bonds. The van der Waals surface area contributed by atoms with Crippen LogP contribution in [0.4, 0.5) is 15.8 Å². The smallest absolute Gasteiger partial charge is 0.227 e. The number of aliphatic hydroxyl groups excluding tert-OH is 1. The minimum atomic E-state index is -0.534. The number of aryl methyl sites for hydroxylation is 1. The number of methoxy groups -OCH3 is 1. The maximum atomic E-state index is 17.2. The molecule has 2 saturated heterocycles. The van der Waals surface area contributed by atoms with E-state index in [-0.39, 0.29) is 29.1 Å². The van der Waals surface area contributed by atoms with E-state index >= 15 is 4.39 Å². The topological polar surface area (TPSA) is 125 Å². The summed E-state index contributed by atoms with van der Waals surface area (Å²) in [4.78, 5) is 11.2. The number of unbranched alkanes of at least 4 members (excludes halogenated alkanes) is 1. The van der Waals surface area contributed by atoms with Gasteiger partial charge in [-0.25, -0.2) is 14.4 Å². The number of hydrogen-bond acceptors (Lipinski definition) is 11. The first-order valence-corrected chi connectivity index (χ1v) is 18.8. The summed E-state index contributed by atoms with van der Waals surface area (Å²) in [5, 5.41) is 24.5. The molecule has 2 unspecified atom stereocenters. The maximum absolute atomic E-state index is 17.2. The lowest BCUT2D eigenvalue weighted by atomic mass is 9.75. The molecular formula is C38H57ClFN7O4. The van der Waals surface area contributed by atoms with E-state index in [1.54, 1.807) is 6.20 Å². The molecule has 11 nitrogen and oxygen atoms in total. The van der Waals surface area contributed by atoms with E-state index in [1.807, 2.05) is 24.8 Å². The van der Waals surface area contributed by atoms with E-state index in [2.05, 4.69) is 39.5 Å². The summed E-state index contributed by atoms with van der Waals surface area (Å²) in [6.45, 7) is 14.9. The van der Waals surface area contributed by atoms with Crippen molar-refractivity contribution in [3.63, 3.8) is 0 Å². The molecule has 4 heterocycles. The van der Waals surface area contributed by atoms with E-state index in [4.69, 9.17) is 35.9 Å². The molecule has 0 spiro atoms. The van der Waals surface area contributed by atoms with Gasteiger partial charge in [0.25, 0.3) is 0 Å². The van der Waals surface area contributed by atoms with Gasteiger partial charge in [-0.1, -0.05) is 31.4 Å². The standard InChI is InChI=1S/C32H43ClFN7O2.C5H10O.CH4O/c1-6-8-15-41(19-43-7-2)30(35-4)25-28(37-18-32-12-9-11-23(32)36-14-10-13-32)27(34)29(39-31(25)42-5)24-21-17-38-40-22(21)16-20(3)26(24)33;1-2-4-6-5-3-1;1-2/h16-17,23,36-37H,4,6-15,18-19H2,1-3,5H3;1-5H2;2H,1H3/b29-24+,30-25-;;. The summed E-state index contributed by atoms with van der Waals surface area (Å²) < 4.78 is 34.0. The molecule has 6 rings (SSSR count). The average molecular weight is 730 g/mol. The predicted molar refractivity (Wildman–Crippen MR) is 203 cm³/mol. The zero-order valence-corrected chi connectivity index (χ0v) is 31.9. The lowest BCUT2D eigenvalue weighted by Gasteiger charge is -2.40. The molecule has 3 N–H and O–H groups in total. The number of aliphatic hydroxyl groups is 1. The van der Waals surface area contributed by atoms with Crippen LogP contribution in [0.3, 0.4) is 0 Å². The van der Waals surface area contributed by atoms with Crippen molar-refractivity contribution < 1.29 is 23.7 Å². The van der Waals surface area contributed by atoms with Crippen LogP contribution in [0.5, 0.6) is 5.88 Å². The molecule has 2 aromatic rings. The summed E-state index contributed by atoms with van der Waals surface area (Å²) >= 11 is 6.86. The van der Waals surface area contributed by atoms with Gasteiger partial charge >= 0.3 is 0 Å². The maximum Gasteiger partial charge on any atom is 0.227 e. The molecular weight excluding hydrogens is 673 g/mol. The minimum Gasteiger partial charge on any atom is -0.480 e. The van der Waals surface area contributed by atoms with Crippen LogP contribution in [0.25, 0.3) is 12.0 Å². The summed E-state index contributed by atoms with van der Waals surface area (Å²) in [5.41, 5.74) is 1.68. The Morgan fingerprint density at radius 3 is 2.63 bits per heavy atom. The Hall–Kier alpha value is -3.16. The van der Waals surface area contributed by atoms with Crippen LogP contribution in [-0.4, -0.2) is 88.2 Å². The van der Waals surface area contributed by atoms with Gasteiger partial charge < -0.3 is 34.9 Å². The second-order valence-electron chi connectivity index (χ2n) is 13.3. The van der Waals surface area contributed by atoms with Crippen LogP contribution in [0.15, 0.2) is 21.3 Å². The number of benzene rings is 1. The third kappa shape index (κ3) is 9.45. The first-order valence-electron chi connectivity index (χ1n) is 18.4. The molecule has 1 aromatic heterocycles. The van der Waals surface area contributed by atoms with Gasteiger partial charge in [0.1, 0.15) is 23.1 Å². The number of ether oxygens (including phenoxy) is 3. The van der Waals surface area contributed by atoms with Crippen LogP contribution in [0, 0.1) is 28.7 Å². The van der Waals surface area contributed by atoms with Gasteiger partial charge in [-0.05, 0) is 90.1 Å². The van der Waals surface area contributed by atoms with Gasteiger partial charge in [0.15, 0.2) is 5.82 Å². The largest absolute Gasteiger partial charge is 0.480 e. The van der Waals surface area contributed by atoms with Crippen molar-refractivity contribution in [2.45, 2.75) is 91.0 Å². The third-order valence-corrected chi connectivity index (χ3v) is 10.6. The second kappa shape index (κ2) is 20.2. The van der Waals surface area contributed by atoms with Crippen LogP contribution in [-0.2, 0) is 9.47 Å². The molecule has 282 valence electrons. The molecule has 13 heteroatoms. The number of piperidine rings is 1. The van der Waals surface area contributed by atoms with Gasteiger partial charge in [0, 0.05) is 61.9 Å². The van der Waals surface area contributed by atoms with Crippen LogP contribution >= 0.6 is 11.6 Å². The first-order chi connectivity index (χ1) is 24.9. The fourth-order valence-corrected chi connectivity index (χ4v) is 7.70. The van der Waals surface area contributed by atoms with Crippen molar-refractivity contribution in [3.8, 4) is 5.88 Å². The van der Waals surface area contributed by atoms with E-state index < -0.39 is 5.82 Å². The van der Waals surface area contributed by atoms with Gasteiger partial charge in [-0.15, -0.1) is 0 Å². The molecule has 1 saturated carbocycles. The van der Waals surface area contributed by atoms with E-state index in [0.717, 1.165) is 77.4 Å². The van der Waals surface area contributed by atoms with Crippen LogP contribution in [0.1, 0.15) is 83.6 Å². The summed E-state index contributed by atoms with van der Waals surface area (Å²) in [6.07, 6.45) is 12.9. The SMILES string of the molecule is C1CCOCC1.C=N/C(=c1/c(OC)n/c(=c2/c(Cl)c(C)cc3c2=CN=N3)c(F)c1NCC12CCCNC1CCC2)N(CCCC)COCC.CO. The van der Waals surface area contributed by atoms with Gasteiger partial charge in [-0.3, -0.25) is 0 Å². The number of rotatable bonds is 12. The highest BCUT2D eigenvalue weighted by molar-refractivity contribution is 6.31. The fraction of sp³-hybridized carbons (Fsp3) is 0.632. The monoisotopic (exact) mass is 729 g/mol. The Balaban J connectivity index is 0.000000651. The summed E-state index contributed by atoms with van der Waals surface area (Å²) in [7, 11) is 2.53. The molecule has 2 atom stereocenters. The number of pyridine rings is 1. The van der Waals surface area contributed by atoms with Crippen molar-refractivity contribution in [1.29, 1.82) is 0 Å². The zero-order valence-electron chi connectivity index (χ0n) is 31.1. The fourth-order valence-electron chi connectivity index (χ4n) is 7.46. The van der Waals surface area contributed by atoms with Crippen LogP contribution in [0.2, 0.25) is 5.02 Å². The van der Waals surface area contributed by atoms with E-state index in [0.29, 0.717) is 57.9 Å². The molecule has 3 fully saturated rings. The van der Waals surface area contributed by atoms with Gasteiger partial charge in [0.2, 0.25) is 5.88 Å². The zero-order chi connectivity index (χ0) is 36.8. The van der Waals surface area contributed by atoms with Crippen molar-refractivity contribution in [1.82, 2.24) is 15.2 Å². The minimum absolute atomic E-state index is 0.0292. The average Bonchev–Trinajstić information content (AvgIpc) is 3.82. The number of azo groups is 1. The lowest BCUT2D eigenvalue weighted by molar-refractivity contribution is 0.0661. The normalized spacial score (nSPS) is 21.5. The van der Waals surface area contributed by atoms with Crippen molar-refractivity contribution in [2.24, 2.45) is 20.6 Å². The Kier molecular flexibility index (Phi) is 16.1. The Bertz CT molecular complexity index is 1700. The first kappa shape index (κ1) is 40.6. The van der Waals surface area contributed by atoms with Crippen LogP contribution < -0.4 is 25.8 Å². The molecule has 3 aliphatic heterocycles. The molecule has 0 radical (unpaired) electrons. The highest BCUT2D eigenvalue weighted by Crippen LogP contribution is 2.44. The molecule has 0 bridgehead atoms. The second-order valence-corrected chi connectivity index (χ2v) is 13.7. The Labute approximate surface area is 306 Å². The number of hydrogen-bond donors (Lipinski definition) is 3. The number of aromatic nitrogens is 1. The highest BCUT2D eigenvalue weighted by Gasteiger charge is 2.44. The molecule has 4 aliphatic rings. The van der Waals surface area contributed by atoms with Gasteiger partial charge in [-0.2, -0.15) is 10.2 Å².